The second-order valence-electron chi connectivity index (χ2n) is 5.66. The molecule has 1 aliphatic carbocycles. The summed E-state index contributed by atoms with van der Waals surface area (Å²) in [5.74, 6) is 0.0327. The lowest BCUT2D eigenvalue weighted by atomic mass is 10.1. The van der Waals surface area contributed by atoms with Crippen LogP contribution in [0.3, 0.4) is 0 Å². The lowest BCUT2D eigenvalue weighted by Crippen LogP contribution is -2.24. The summed E-state index contributed by atoms with van der Waals surface area (Å²) in [4.78, 5) is 23.7. The summed E-state index contributed by atoms with van der Waals surface area (Å²) in [5, 5.41) is 15.2. The van der Waals surface area contributed by atoms with Gasteiger partial charge in [-0.05, 0) is 42.7 Å². The van der Waals surface area contributed by atoms with Crippen molar-refractivity contribution in [2.75, 3.05) is 5.32 Å². The molecule has 0 radical (unpaired) electrons. The van der Waals surface area contributed by atoms with E-state index in [1.807, 2.05) is 12.1 Å². The number of rotatable bonds is 5. The van der Waals surface area contributed by atoms with Crippen LogP contribution in [-0.2, 0) is 11.3 Å². The molecule has 1 aliphatic rings. The molecule has 1 fully saturated rings. The topological polar surface area (TPSA) is 78.4 Å². The number of aromatic hydroxyl groups is 1. The Hall–Kier alpha value is -2.82. The van der Waals surface area contributed by atoms with E-state index in [9.17, 15) is 14.7 Å². The molecule has 5 nitrogen and oxygen atoms in total. The Kier molecular flexibility index (Phi) is 4.28. The number of carbonyl (C=O) groups excluding carboxylic acids is 2. The van der Waals surface area contributed by atoms with Crippen molar-refractivity contribution in [1.82, 2.24) is 5.32 Å². The van der Waals surface area contributed by atoms with Crippen LogP contribution in [0.4, 0.5) is 5.69 Å². The van der Waals surface area contributed by atoms with Crippen LogP contribution >= 0.6 is 0 Å². The Labute approximate surface area is 134 Å². The van der Waals surface area contributed by atoms with E-state index in [-0.39, 0.29) is 23.5 Å². The minimum atomic E-state index is -0.292. The highest BCUT2D eigenvalue weighted by Gasteiger charge is 2.29. The third kappa shape index (κ3) is 3.88. The highest BCUT2D eigenvalue weighted by atomic mass is 16.3. The van der Waals surface area contributed by atoms with Crippen molar-refractivity contribution < 1.29 is 14.7 Å². The summed E-state index contributed by atoms with van der Waals surface area (Å²) < 4.78 is 0. The van der Waals surface area contributed by atoms with Gasteiger partial charge in [0.1, 0.15) is 5.75 Å². The number of nitrogens with one attached hydrogen (secondary N) is 2. The SMILES string of the molecule is O=C(Nc1ccccc1O)c1ccc(CNC(=O)C2CC2)cc1. The zero-order valence-corrected chi connectivity index (χ0v) is 12.6. The summed E-state index contributed by atoms with van der Waals surface area (Å²) in [6, 6.07) is 13.6. The first-order valence-corrected chi connectivity index (χ1v) is 7.59. The molecule has 2 aromatic rings. The predicted octanol–water partition coefficient (Wildman–Crippen LogP) is 2.67. The predicted molar refractivity (Wildman–Crippen MR) is 87.1 cm³/mol. The van der Waals surface area contributed by atoms with E-state index >= 15 is 0 Å². The minimum Gasteiger partial charge on any atom is -0.506 e. The molecular weight excluding hydrogens is 292 g/mol. The first-order chi connectivity index (χ1) is 11.1. The van der Waals surface area contributed by atoms with Gasteiger partial charge in [0.25, 0.3) is 5.91 Å². The molecule has 0 unspecified atom stereocenters. The zero-order valence-electron chi connectivity index (χ0n) is 12.6. The fourth-order valence-corrected chi connectivity index (χ4v) is 2.23. The second kappa shape index (κ2) is 6.52. The Morgan fingerprint density at radius 2 is 1.74 bits per heavy atom. The van der Waals surface area contributed by atoms with Crippen molar-refractivity contribution in [2.45, 2.75) is 19.4 Å². The van der Waals surface area contributed by atoms with Gasteiger partial charge in [-0.25, -0.2) is 0 Å². The maximum absolute atomic E-state index is 12.1. The molecule has 23 heavy (non-hydrogen) atoms. The minimum absolute atomic E-state index is 0.0280. The lowest BCUT2D eigenvalue weighted by molar-refractivity contribution is -0.122. The fourth-order valence-electron chi connectivity index (χ4n) is 2.23. The average molecular weight is 310 g/mol. The smallest absolute Gasteiger partial charge is 0.255 e. The number of amides is 2. The van der Waals surface area contributed by atoms with E-state index in [4.69, 9.17) is 0 Å². The van der Waals surface area contributed by atoms with Gasteiger partial charge in [-0.15, -0.1) is 0 Å². The normalized spacial score (nSPS) is 13.4. The summed E-state index contributed by atoms with van der Waals surface area (Å²) >= 11 is 0. The number of carbonyl (C=O) groups is 2. The van der Waals surface area contributed by atoms with Gasteiger partial charge >= 0.3 is 0 Å². The van der Waals surface area contributed by atoms with E-state index in [0.717, 1.165) is 18.4 Å². The zero-order chi connectivity index (χ0) is 16.2. The van der Waals surface area contributed by atoms with Crippen molar-refractivity contribution in [3.05, 3.63) is 59.7 Å². The molecule has 0 aliphatic heterocycles. The maximum Gasteiger partial charge on any atom is 0.255 e. The van der Waals surface area contributed by atoms with Crippen LogP contribution in [0.25, 0.3) is 0 Å². The molecule has 2 amide bonds. The molecule has 1 saturated carbocycles. The molecule has 0 aromatic heterocycles. The number of hydrogen-bond donors (Lipinski definition) is 3. The van der Waals surface area contributed by atoms with Crippen molar-refractivity contribution in [3.8, 4) is 5.75 Å². The van der Waals surface area contributed by atoms with Crippen molar-refractivity contribution in [2.24, 2.45) is 5.92 Å². The van der Waals surface area contributed by atoms with Gasteiger partial charge in [0.15, 0.2) is 0 Å². The van der Waals surface area contributed by atoms with E-state index in [1.165, 1.54) is 6.07 Å². The molecule has 5 heteroatoms. The third-order valence-electron chi connectivity index (χ3n) is 3.78. The van der Waals surface area contributed by atoms with Crippen LogP contribution in [0.15, 0.2) is 48.5 Å². The lowest BCUT2D eigenvalue weighted by Gasteiger charge is -2.08. The van der Waals surface area contributed by atoms with Crippen molar-refractivity contribution in [3.63, 3.8) is 0 Å². The van der Waals surface area contributed by atoms with Crippen LogP contribution in [0.2, 0.25) is 0 Å². The number of hydrogen-bond acceptors (Lipinski definition) is 3. The van der Waals surface area contributed by atoms with E-state index in [1.54, 1.807) is 30.3 Å². The largest absolute Gasteiger partial charge is 0.506 e. The van der Waals surface area contributed by atoms with Gasteiger partial charge in [-0.1, -0.05) is 24.3 Å². The Morgan fingerprint density at radius 3 is 2.39 bits per heavy atom. The fraction of sp³-hybridized carbons (Fsp3) is 0.222. The summed E-state index contributed by atoms with van der Waals surface area (Å²) in [6.07, 6.45) is 1.97. The van der Waals surface area contributed by atoms with Gasteiger partial charge in [-0.2, -0.15) is 0 Å². The molecule has 3 rings (SSSR count). The Balaban J connectivity index is 1.58. The number of anilines is 1. The van der Waals surface area contributed by atoms with Gasteiger partial charge in [0, 0.05) is 18.0 Å². The van der Waals surface area contributed by atoms with Crippen LogP contribution in [-0.4, -0.2) is 16.9 Å². The quantitative estimate of drug-likeness (QED) is 0.743. The monoisotopic (exact) mass is 310 g/mol. The van der Waals surface area contributed by atoms with Gasteiger partial charge in [-0.3, -0.25) is 9.59 Å². The first kappa shape index (κ1) is 15.1. The van der Waals surface area contributed by atoms with Crippen LogP contribution < -0.4 is 10.6 Å². The van der Waals surface area contributed by atoms with E-state index < -0.39 is 0 Å². The van der Waals surface area contributed by atoms with Crippen LogP contribution in [0.1, 0.15) is 28.8 Å². The third-order valence-corrected chi connectivity index (χ3v) is 3.78. The van der Waals surface area contributed by atoms with E-state index in [2.05, 4.69) is 10.6 Å². The van der Waals surface area contributed by atoms with Gasteiger partial charge in [0.05, 0.1) is 5.69 Å². The summed E-state index contributed by atoms with van der Waals surface area (Å²) in [7, 11) is 0. The summed E-state index contributed by atoms with van der Waals surface area (Å²) in [5.41, 5.74) is 1.81. The Morgan fingerprint density at radius 1 is 1.04 bits per heavy atom. The molecule has 2 aromatic carbocycles. The highest BCUT2D eigenvalue weighted by Crippen LogP contribution is 2.28. The molecule has 0 bridgehead atoms. The van der Waals surface area contributed by atoms with Gasteiger partial charge in [0.2, 0.25) is 5.91 Å². The summed E-state index contributed by atoms with van der Waals surface area (Å²) in [6.45, 7) is 0.469. The average Bonchev–Trinajstić information content (AvgIpc) is 3.40. The van der Waals surface area contributed by atoms with Crippen LogP contribution in [0, 0.1) is 5.92 Å². The van der Waals surface area contributed by atoms with Crippen molar-refractivity contribution >= 4 is 17.5 Å². The number of phenolic OH excluding ortho intramolecular Hbond substituents is 1. The second-order valence-corrected chi connectivity index (χ2v) is 5.66. The highest BCUT2D eigenvalue weighted by molar-refractivity contribution is 6.05. The number of para-hydroxylation sites is 2. The van der Waals surface area contributed by atoms with Crippen molar-refractivity contribution in [1.29, 1.82) is 0 Å². The molecule has 0 spiro atoms. The van der Waals surface area contributed by atoms with Crippen LogP contribution in [0.5, 0.6) is 5.75 Å². The van der Waals surface area contributed by atoms with E-state index in [0.29, 0.717) is 17.8 Å². The number of benzene rings is 2. The number of phenols is 1. The first-order valence-electron chi connectivity index (χ1n) is 7.59. The molecular formula is C18H18N2O3. The standard InChI is InChI=1S/C18H18N2O3/c21-16-4-2-1-3-15(16)20-18(23)14-7-5-12(6-8-14)11-19-17(22)13-9-10-13/h1-8,13,21H,9-11H2,(H,19,22)(H,20,23). The molecule has 0 heterocycles. The molecule has 0 saturated heterocycles. The Bertz CT molecular complexity index is 721. The maximum atomic E-state index is 12.1. The molecule has 0 atom stereocenters. The molecule has 118 valence electrons. The van der Waals surface area contributed by atoms with Gasteiger partial charge < -0.3 is 15.7 Å². The molecule has 3 N–H and O–H groups in total.